The lowest BCUT2D eigenvalue weighted by Gasteiger charge is -2.26. The normalized spacial score (nSPS) is 14.7. The van der Waals surface area contributed by atoms with Crippen LogP contribution < -0.4 is 38.1 Å². The minimum absolute atomic E-state index is 0.00814. The molecule has 0 aliphatic rings. The van der Waals surface area contributed by atoms with Gasteiger partial charge >= 0.3 is 0 Å². The zero-order valence-electron chi connectivity index (χ0n) is 27.7. The van der Waals surface area contributed by atoms with Gasteiger partial charge in [0.05, 0.1) is 25.3 Å². The van der Waals surface area contributed by atoms with E-state index in [1.807, 2.05) is 13.8 Å². The molecule has 0 aliphatic carbocycles. The van der Waals surface area contributed by atoms with E-state index in [2.05, 4.69) is 26.6 Å². The largest absolute Gasteiger partial charge is 0.508 e. The molecule has 268 valence electrons. The number of rotatable bonds is 19. The molecular formula is C33H47N7O9. The first kappa shape index (κ1) is 40.1. The molecule has 0 saturated carbocycles. The van der Waals surface area contributed by atoms with Crippen LogP contribution in [0.25, 0.3) is 0 Å². The summed E-state index contributed by atoms with van der Waals surface area (Å²) < 4.78 is 0. The molecule has 0 fully saturated rings. The van der Waals surface area contributed by atoms with Gasteiger partial charge in [-0.15, -0.1) is 0 Å². The smallest absolute Gasteiger partial charge is 0.245 e. The van der Waals surface area contributed by atoms with Crippen molar-refractivity contribution in [1.29, 1.82) is 0 Å². The average molecular weight is 686 g/mol. The van der Waals surface area contributed by atoms with Gasteiger partial charge in [0, 0.05) is 6.42 Å². The predicted octanol–water partition coefficient (Wildman–Crippen LogP) is -2.54. The number of primary amides is 1. The molecule has 0 unspecified atom stereocenters. The molecule has 0 heterocycles. The highest BCUT2D eigenvalue weighted by Crippen LogP contribution is 2.11. The van der Waals surface area contributed by atoms with E-state index in [4.69, 9.17) is 11.5 Å². The Bertz CT molecular complexity index is 1420. The maximum atomic E-state index is 13.5. The molecule has 0 bridgehead atoms. The lowest BCUT2D eigenvalue weighted by atomic mass is 10.0. The summed E-state index contributed by atoms with van der Waals surface area (Å²) in [6.07, 6.45) is -1.12. The monoisotopic (exact) mass is 685 g/mol. The lowest BCUT2D eigenvalue weighted by molar-refractivity contribution is -0.134. The van der Waals surface area contributed by atoms with Crippen LogP contribution in [-0.4, -0.2) is 100 Å². The second kappa shape index (κ2) is 19.7. The predicted molar refractivity (Wildman–Crippen MR) is 178 cm³/mol. The first-order valence-corrected chi connectivity index (χ1v) is 15.7. The molecule has 2 aromatic carbocycles. The summed E-state index contributed by atoms with van der Waals surface area (Å²) in [7, 11) is 0. The maximum Gasteiger partial charge on any atom is 0.245 e. The van der Waals surface area contributed by atoms with Crippen molar-refractivity contribution in [3.05, 3.63) is 65.7 Å². The van der Waals surface area contributed by atoms with Crippen molar-refractivity contribution < 1.29 is 44.1 Å². The third kappa shape index (κ3) is 13.9. The Morgan fingerprint density at radius 1 is 0.714 bits per heavy atom. The summed E-state index contributed by atoms with van der Waals surface area (Å²) in [5.74, 6) is -4.91. The number of phenolic OH excluding ortho intramolecular Hbond substituents is 1. The van der Waals surface area contributed by atoms with Crippen LogP contribution in [0.15, 0.2) is 54.6 Å². The van der Waals surface area contributed by atoms with Crippen molar-refractivity contribution in [3.63, 3.8) is 0 Å². The van der Waals surface area contributed by atoms with E-state index in [0.29, 0.717) is 11.1 Å². The molecule has 12 N–H and O–H groups in total. The Labute approximate surface area is 284 Å². The van der Waals surface area contributed by atoms with Gasteiger partial charge in [0.1, 0.15) is 29.9 Å². The highest BCUT2D eigenvalue weighted by molar-refractivity contribution is 5.95. The summed E-state index contributed by atoms with van der Waals surface area (Å²) >= 11 is 0. The summed E-state index contributed by atoms with van der Waals surface area (Å²) in [5.41, 5.74) is 12.5. The summed E-state index contributed by atoms with van der Waals surface area (Å²) in [6, 6.07) is 8.45. The Morgan fingerprint density at radius 3 is 1.84 bits per heavy atom. The number of hydrogen-bond donors (Lipinski definition) is 10. The molecule has 49 heavy (non-hydrogen) atoms. The van der Waals surface area contributed by atoms with Gasteiger partial charge in [0.25, 0.3) is 0 Å². The topological polar surface area (TPSA) is 275 Å². The van der Waals surface area contributed by atoms with Crippen LogP contribution in [0.4, 0.5) is 0 Å². The standard InChI is InChI=1S/C33H47N7O9/c1-18(2)13-24(31(47)39-26(17-41)29(35)45)38-32(48)25(15-20-7-5-4-6-8-20)37-27(44)16-36-33(49)28(19(3)42)40-30(46)23(34)14-21-9-11-22(43)12-10-21/h4-12,18-19,23-26,28,41-43H,13-17,34H2,1-3H3,(H2,35,45)(H,36,49)(H,37,44)(H,38,48)(H,39,47)(H,40,46)/t19-,23+,24+,25+,26+,28-/m1/s1. The average Bonchev–Trinajstić information content (AvgIpc) is 3.05. The lowest BCUT2D eigenvalue weighted by Crippen LogP contribution is -2.59. The molecule has 6 atom stereocenters. The second-order valence-corrected chi connectivity index (χ2v) is 12.1. The minimum atomic E-state index is -1.46. The third-order valence-electron chi connectivity index (χ3n) is 7.33. The highest BCUT2D eigenvalue weighted by Gasteiger charge is 2.31. The van der Waals surface area contributed by atoms with Gasteiger partial charge in [-0.1, -0.05) is 56.3 Å². The highest BCUT2D eigenvalue weighted by atomic mass is 16.3. The zero-order chi connectivity index (χ0) is 36.7. The van der Waals surface area contributed by atoms with Crippen LogP contribution in [-0.2, 0) is 41.6 Å². The number of hydrogen-bond acceptors (Lipinski definition) is 10. The van der Waals surface area contributed by atoms with Gasteiger partial charge < -0.3 is 53.4 Å². The summed E-state index contributed by atoms with van der Waals surface area (Å²) in [4.78, 5) is 76.7. The van der Waals surface area contributed by atoms with Crippen molar-refractivity contribution in [2.45, 2.75) is 76.3 Å². The number of aromatic hydroxyl groups is 1. The quantitative estimate of drug-likeness (QED) is 0.0740. The third-order valence-corrected chi connectivity index (χ3v) is 7.33. The van der Waals surface area contributed by atoms with Crippen molar-refractivity contribution in [1.82, 2.24) is 26.6 Å². The van der Waals surface area contributed by atoms with Crippen molar-refractivity contribution in [2.24, 2.45) is 17.4 Å². The zero-order valence-corrected chi connectivity index (χ0v) is 27.7. The van der Waals surface area contributed by atoms with Gasteiger partial charge in [0.15, 0.2) is 0 Å². The van der Waals surface area contributed by atoms with Crippen LogP contribution in [0.3, 0.4) is 0 Å². The van der Waals surface area contributed by atoms with Gasteiger partial charge in [-0.05, 0) is 48.9 Å². The molecule has 0 spiro atoms. The van der Waals surface area contributed by atoms with E-state index in [1.165, 1.54) is 19.1 Å². The fourth-order valence-corrected chi connectivity index (χ4v) is 4.68. The van der Waals surface area contributed by atoms with E-state index >= 15 is 0 Å². The number of nitrogens with two attached hydrogens (primary N) is 2. The number of nitrogens with one attached hydrogen (secondary N) is 5. The number of benzene rings is 2. The maximum absolute atomic E-state index is 13.5. The molecule has 2 rings (SSSR count). The van der Waals surface area contributed by atoms with E-state index in [9.17, 15) is 44.1 Å². The van der Waals surface area contributed by atoms with Crippen molar-refractivity contribution >= 4 is 35.4 Å². The Balaban J connectivity index is 2.11. The van der Waals surface area contributed by atoms with E-state index in [1.54, 1.807) is 42.5 Å². The fourth-order valence-electron chi connectivity index (χ4n) is 4.68. The first-order chi connectivity index (χ1) is 23.1. The van der Waals surface area contributed by atoms with Crippen LogP contribution in [0.5, 0.6) is 5.75 Å². The van der Waals surface area contributed by atoms with Crippen LogP contribution in [0.1, 0.15) is 38.3 Å². The van der Waals surface area contributed by atoms with Gasteiger partial charge in [-0.25, -0.2) is 0 Å². The molecule has 0 aromatic heterocycles. The number of carbonyl (C=O) groups excluding carboxylic acids is 6. The molecular weight excluding hydrogens is 638 g/mol. The Kier molecular flexibility index (Phi) is 16.1. The number of carbonyl (C=O) groups is 6. The molecule has 16 heteroatoms. The number of aliphatic hydroxyl groups is 2. The molecule has 0 radical (unpaired) electrons. The number of amides is 6. The summed E-state index contributed by atoms with van der Waals surface area (Å²) in [5, 5.41) is 41.2. The minimum Gasteiger partial charge on any atom is -0.508 e. The van der Waals surface area contributed by atoms with Crippen LogP contribution in [0.2, 0.25) is 0 Å². The number of phenols is 1. The van der Waals surface area contributed by atoms with Gasteiger partial charge in [-0.3, -0.25) is 28.8 Å². The van der Waals surface area contributed by atoms with Gasteiger partial charge in [0.2, 0.25) is 35.4 Å². The second-order valence-electron chi connectivity index (χ2n) is 12.1. The van der Waals surface area contributed by atoms with E-state index in [0.717, 1.165) is 0 Å². The SMILES string of the molecule is CC(C)C[C@H](NC(=O)[C@H](Cc1ccccc1)NC(=O)CNC(=O)[C@H](NC(=O)[C@@H](N)Cc1ccc(O)cc1)[C@@H](C)O)C(=O)N[C@@H](CO)C(N)=O. The van der Waals surface area contributed by atoms with Crippen LogP contribution >= 0.6 is 0 Å². The van der Waals surface area contributed by atoms with E-state index < -0.39 is 84.9 Å². The fraction of sp³-hybridized carbons (Fsp3) is 0.455. The van der Waals surface area contributed by atoms with Crippen molar-refractivity contribution in [2.75, 3.05) is 13.2 Å². The Hall–Kier alpha value is -5.06. The molecule has 16 nitrogen and oxygen atoms in total. The van der Waals surface area contributed by atoms with Gasteiger partial charge in [-0.2, -0.15) is 0 Å². The van der Waals surface area contributed by atoms with Crippen LogP contribution in [0, 0.1) is 5.92 Å². The molecule has 2 aromatic rings. The molecule has 0 aliphatic heterocycles. The molecule has 0 saturated heterocycles. The van der Waals surface area contributed by atoms with Crippen molar-refractivity contribution in [3.8, 4) is 5.75 Å². The first-order valence-electron chi connectivity index (χ1n) is 15.7. The summed E-state index contributed by atoms with van der Waals surface area (Å²) in [6.45, 7) is 3.51. The Morgan fingerprint density at radius 2 is 1.29 bits per heavy atom. The number of aliphatic hydroxyl groups excluding tert-OH is 2. The van der Waals surface area contributed by atoms with E-state index in [-0.39, 0.29) is 30.9 Å². The molecule has 6 amide bonds.